The van der Waals surface area contributed by atoms with Gasteiger partial charge in [0.25, 0.3) is 0 Å². The van der Waals surface area contributed by atoms with Gasteiger partial charge in [0.2, 0.25) is 5.91 Å². The van der Waals surface area contributed by atoms with Gasteiger partial charge in [0.15, 0.2) is 5.16 Å². The van der Waals surface area contributed by atoms with Gasteiger partial charge in [0.05, 0.1) is 13.5 Å². The molecule has 8 heteroatoms. The first-order valence-corrected chi connectivity index (χ1v) is 11.3. The standard InChI is InChI=1S/C20H27ClN4O2S/c1-27-17-10-9-15(21)12-14(17)13-19(26)22-11-5-8-18-23-24-20(28-2)25(18)16-6-3-4-7-16/h9-10,12,16H,3-8,11,13H2,1-2H3,(H,22,26). The van der Waals surface area contributed by atoms with Crippen molar-refractivity contribution in [1.29, 1.82) is 0 Å². The number of amides is 1. The van der Waals surface area contributed by atoms with Gasteiger partial charge < -0.3 is 14.6 Å². The Bertz CT molecular complexity index is 805. The Kier molecular flexibility index (Phi) is 7.62. The number of nitrogens with one attached hydrogen (secondary N) is 1. The predicted molar refractivity (Wildman–Crippen MR) is 112 cm³/mol. The van der Waals surface area contributed by atoms with E-state index in [2.05, 4.69) is 20.1 Å². The fourth-order valence-electron chi connectivity index (χ4n) is 3.74. The summed E-state index contributed by atoms with van der Waals surface area (Å²) >= 11 is 7.68. The molecule has 1 heterocycles. The van der Waals surface area contributed by atoms with Crippen LogP contribution in [0.15, 0.2) is 23.4 Å². The number of rotatable bonds is 9. The number of benzene rings is 1. The van der Waals surface area contributed by atoms with Crippen LogP contribution in [0.5, 0.6) is 5.75 Å². The van der Waals surface area contributed by atoms with E-state index in [1.54, 1.807) is 37.1 Å². The maximum atomic E-state index is 12.3. The van der Waals surface area contributed by atoms with Crippen LogP contribution >= 0.6 is 23.4 Å². The van der Waals surface area contributed by atoms with E-state index in [0.29, 0.717) is 23.4 Å². The Morgan fingerprint density at radius 3 is 2.86 bits per heavy atom. The Balaban J connectivity index is 1.50. The smallest absolute Gasteiger partial charge is 0.224 e. The maximum absolute atomic E-state index is 12.3. The van der Waals surface area contributed by atoms with Gasteiger partial charge >= 0.3 is 0 Å². The molecule has 2 aromatic rings. The summed E-state index contributed by atoms with van der Waals surface area (Å²) in [7, 11) is 1.59. The largest absolute Gasteiger partial charge is 0.496 e. The number of hydrogen-bond donors (Lipinski definition) is 1. The van der Waals surface area contributed by atoms with Crippen molar-refractivity contribution in [1.82, 2.24) is 20.1 Å². The number of ether oxygens (including phenoxy) is 1. The summed E-state index contributed by atoms with van der Waals surface area (Å²) in [5, 5.41) is 13.3. The molecule has 0 spiro atoms. The van der Waals surface area contributed by atoms with Crippen LogP contribution in [0.1, 0.15) is 49.5 Å². The average Bonchev–Trinajstić information content (AvgIpc) is 3.34. The molecule has 0 saturated heterocycles. The topological polar surface area (TPSA) is 69.0 Å². The number of nitrogens with zero attached hydrogens (tertiary/aromatic N) is 3. The molecule has 0 bridgehead atoms. The van der Waals surface area contributed by atoms with Crippen molar-refractivity contribution in [3.63, 3.8) is 0 Å². The van der Waals surface area contributed by atoms with E-state index in [1.807, 2.05) is 6.26 Å². The maximum Gasteiger partial charge on any atom is 0.224 e. The highest BCUT2D eigenvalue weighted by atomic mass is 35.5. The van der Waals surface area contributed by atoms with E-state index in [4.69, 9.17) is 16.3 Å². The van der Waals surface area contributed by atoms with Crippen molar-refractivity contribution in [3.05, 3.63) is 34.6 Å². The number of aromatic nitrogens is 3. The third kappa shape index (κ3) is 5.20. The van der Waals surface area contributed by atoms with E-state index < -0.39 is 0 Å². The molecule has 0 atom stereocenters. The van der Waals surface area contributed by atoms with Crippen LogP contribution in [-0.2, 0) is 17.6 Å². The lowest BCUT2D eigenvalue weighted by Gasteiger charge is -2.16. The van der Waals surface area contributed by atoms with Gasteiger partial charge in [-0.05, 0) is 43.7 Å². The van der Waals surface area contributed by atoms with Gasteiger partial charge in [-0.2, -0.15) is 0 Å². The second-order valence-electron chi connectivity index (χ2n) is 7.00. The molecule has 1 aromatic heterocycles. The molecule has 152 valence electrons. The van der Waals surface area contributed by atoms with Crippen molar-refractivity contribution in [2.75, 3.05) is 19.9 Å². The molecule has 0 unspecified atom stereocenters. The van der Waals surface area contributed by atoms with Gasteiger partial charge in [-0.3, -0.25) is 4.79 Å². The molecular formula is C20H27ClN4O2S. The number of halogens is 1. The van der Waals surface area contributed by atoms with Gasteiger partial charge in [0.1, 0.15) is 11.6 Å². The van der Waals surface area contributed by atoms with Crippen molar-refractivity contribution in [2.24, 2.45) is 0 Å². The zero-order valence-electron chi connectivity index (χ0n) is 16.4. The minimum Gasteiger partial charge on any atom is -0.496 e. The van der Waals surface area contributed by atoms with Crippen LogP contribution in [0, 0.1) is 0 Å². The van der Waals surface area contributed by atoms with Gasteiger partial charge in [-0.15, -0.1) is 10.2 Å². The lowest BCUT2D eigenvalue weighted by Crippen LogP contribution is -2.26. The van der Waals surface area contributed by atoms with Crippen LogP contribution in [0.25, 0.3) is 0 Å². The molecule has 6 nitrogen and oxygen atoms in total. The molecular weight excluding hydrogens is 396 g/mol. The molecule has 1 amide bonds. The fraction of sp³-hybridized carbons (Fsp3) is 0.550. The summed E-state index contributed by atoms with van der Waals surface area (Å²) in [5.41, 5.74) is 0.790. The van der Waals surface area contributed by atoms with Crippen LogP contribution in [0.4, 0.5) is 0 Å². The molecule has 1 N–H and O–H groups in total. The van der Waals surface area contributed by atoms with Crippen molar-refractivity contribution in [2.45, 2.75) is 56.1 Å². The number of carbonyl (C=O) groups excluding carboxylic acids is 1. The highest BCUT2D eigenvalue weighted by molar-refractivity contribution is 7.98. The molecule has 0 aliphatic heterocycles. The highest BCUT2D eigenvalue weighted by Crippen LogP contribution is 2.33. The SMILES string of the molecule is COc1ccc(Cl)cc1CC(=O)NCCCc1nnc(SC)n1C1CCCC1. The van der Waals surface area contributed by atoms with Crippen molar-refractivity contribution in [3.8, 4) is 5.75 Å². The third-order valence-electron chi connectivity index (χ3n) is 5.10. The lowest BCUT2D eigenvalue weighted by atomic mass is 10.1. The van der Waals surface area contributed by atoms with Crippen LogP contribution < -0.4 is 10.1 Å². The summed E-state index contributed by atoms with van der Waals surface area (Å²) in [4.78, 5) is 12.3. The number of carbonyl (C=O) groups is 1. The normalized spacial score (nSPS) is 14.4. The summed E-state index contributed by atoms with van der Waals surface area (Å²) in [6, 6.07) is 5.83. The van der Waals surface area contributed by atoms with E-state index in [0.717, 1.165) is 29.4 Å². The Labute approximate surface area is 175 Å². The monoisotopic (exact) mass is 422 g/mol. The first-order valence-electron chi connectivity index (χ1n) is 9.69. The van der Waals surface area contributed by atoms with E-state index in [9.17, 15) is 4.79 Å². The van der Waals surface area contributed by atoms with Crippen molar-refractivity contribution < 1.29 is 9.53 Å². The molecule has 0 radical (unpaired) electrons. The Morgan fingerprint density at radius 1 is 1.36 bits per heavy atom. The molecule has 1 aromatic carbocycles. The Morgan fingerprint density at radius 2 is 2.14 bits per heavy atom. The quantitative estimate of drug-likeness (QED) is 0.487. The first-order chi connectivity index (χ1) is 13.6. The molecule has 1 saturated carbocycles. The average molecular weight is 423 g/mol. The summed E-state index contributed by atoms with van der Waals surface area (Å²) in [6.07, 6.45) is 8.90. The minimum atomic E-state index is -0.0392. The predicted octanol–water partition coefficient (Wildman–Crippen LogP) is 4.07. The first kappa shape index (κ1) is 21.0. The Hall–Kier alpha value is -1.73. The van der Waals surface area contributed by atoms with E-state index >= 15 is 0 Å². The molecule has 1 aliphatic carbocycles. The van der Waals surface area contributed by atoms with Crippen LogP contribution in [-0.4, -0.2) is 40.6 Å². The van der Waals surface area contributed by atoms with Gasteiger partial charge in [-0.1, -0.05) is 36.2 Å². The van der Waals surface area contributed by atoms with Crippen LogP contribution in [0.3, 0.4) is 0 Å². The lowest BCUT2D eigenvalue weighted by molar-refractivity contribution is -0.120. The van der Waals surface area contributed by atoms with E-state index in [1.165, 1.54) is 25.7 Å². The summed E-state index contributed by atoms with van der Waals surface area (Å²) < 4.78 is 7.62. The molecule has 1 fully saturated rings. The molecule has 28 heavy (non-hydrogen) atoms. The van der Waals surface area contributed by atoms with Crippen molar-refractivity contribution >= 4 is 29.3 Å². The number of thioether (sulfide) groups is 1. The number of aryl methyl sites for hydroxylation is 1. The highest BCUT2D eigenvalue weighted by Gasteiger charge is 2.23. The van der Waals surface area contributed by atoms with Gasteiger partial charge in [0, 0.05) is 29.6 Å². The zero-order chi connectivity index (χ0) is 19.9. The second kappa shape index (κ2) is 10.2. The zero-order valence-corrected chi connectivity index (χ0v) is 18.0. The van der Waals surface area contributed by atoms with E-state index in [-0.39, 0.29) is 12.3 Å². The summed E-state index contributed by atoms with van der Waals surface area (Å²) in [6.45, 7) is 0.605. The fourth-order valence-corrected chi connectivity index (χ4v) is 4.51. The number of methoxy groups -OCH3 is 1. The minimum absolute atomic E-state index is 0.0392. The van der Waals surface area contributed by atoms with Crippen LogP contribution in [0.2, 0.25) is 5.02 Å². The molecule has 1 aliphatic rings. The number of hydrogen-bond acceptors (Lipinski definition) is 5. The van der Waals surface area contributed by atoms with Gasteiger partial charge in [-0.25, -0.2) is 0 Å². The third-order valence-corrected chi connectivity index (χ3v) is 5.98. The molecule has 3 rings (SSSR count). The second-order valence-corrected chi connectivity index (χ2v) is 8.21. The summed E-state index contributed by atoms with van der Waals surface area (Å²) in [5.74, 6) is 1.67.